The molecule has 2 aromatic rings. The number of rotatable bonds is 3. The standard InChI is InChI=1S/C14H16N4O/c1-10-16-13(17-18(10)9-14(2,3)19)12-6-4-5-11(7-12)8-15/h4-7,19H,9H2,1-3H3. The molecule has 0 amide bonds. The first-order chi connectivity index (χ1) is 8.89. The second-order valence-corrected chi connectivity index (χ2v) is 5.15. The summed E-state index contributed by atoms with van der Waals surface area (Å²) in [5.74, 6) is 1.30. The molecule has 0 atom stereocenters. The average molecular weight is 256 g/mol. The minimum atomic E-state index is -0.843. The zero-order valence-corrected chi connectivity index (χ0v) is 11.3. The number of hydrogen-bond donors (Lipinski definition) is 1. The Morgan fingerprint density at radius 3 is 2.79 bits per heavy atom. The smallest absolute Gasteiger partial charge is 0.181 e. The molecule has 1 N–H and O–H groups in total. The Balaban J connectivity index is 2.37. The molecule has 1 heterocycles. The summed E-state index contributed by atoms with van der Waals surface area (Å²) < 4.78 is 1.67. The van der Waals surface area contributed by atoms with Crippen molar-refractivity contribution in [2.45, 2.75) is 32.9 Å². The lowest BCUT2D eigenvalue weighted by atomic mass is 10.1. The average Bonchev–Trinajstić information content (AvgIpc) is 2.69. The highest BCUT2D eigenvalue weighted by Crippen LogP contribution is 2.18. The number of benzene rings is 1. The first kappa shape index (κ1) is 13.2. The molecule has 98 valence electrons. The van der Waals surface area contributed by atoms with Gasteiger partial charge in [0.15, 0.2) is 5.82 Å². The molecule has 0 fully saturated rings. The van der Waals surface area contributed by atoms with Crippen LogP contribution in [0.2, 0.25) is 0 Å². The number of aryl methyl sites for hydroxylation is 1. The van der Waals surface area contributed by atoms with E-state index in [-0.39, 0.29) is 0 Å². The van der Waals surface area contributed by atoms with Gasteiger partial charge in [-0.15, -0.1) is 0 Å². The van der Waals surface area contributed by atoms with Crippen molar-refractivity contribution >= 4 is 0 Å². The van der Waals surface area contributed by atoms with Crippen LogP contribution >= 0.6 is 0 Å². The van der Waals surface area contributed by atoms with E-state index < -0.39 is 5.60 Å². The maximum absolute atomic E-state index is 9.83. The monoisotopic (exact) mass is 256 g/mol. The normalized spacial score (nSPS) is 11.3. The lowest BCUT2D eigenvalue weighted by Gasteiger charge is -2.17. The molecule has 2 rings (SSSR count). The van der Waals surface area contributed by atoms with E-state index in [1.165, 1.54) is 0 Å². The Kier molecular flexibility index (Phi) is 3.36. The number of nitriles is 1. The van der Waals surface area contributed by atoms with E-state index in [0.717, 1.165) is 11.4 Å². The molecule has 0 aliphatic heterocycles. The SMILES string of the molecule is Cc1nc(-c2cccc(C#N)c2)nn1CC(C)(C)O. The van der Waals surface area contributed by atoms with Crippen molar-refractivity contribution in [3.63, 3.8) is 0 Å². The Bertz CT molecular complexity index is 632. The van der Waals surface area contributed by atoms with Crippen molar-refractivity contribution in [3.05, 3.63) is 35.7 Å². The van der Waals surface area contributed by atoms with Gasteiger partial charge in [-0.05, 0) is 32.9 Å². The van der Waals surface area contributed by atoms with Crippen LogP contribution in [0, 0.1) is 18.3 Å². The highest BCUT2D eigenvalue weighted by molar-refractivity contribution is 5.57. The molecule has 0 radical (unpaired) electrons. The number of aromatic nitrogens is 3. The van der Waals surface area contributed by atoms with Crippen LogP contribution < -0.4 is 0 Å². The highest BCUT2D eigenvalue weighted by Gasteiger charge is 2.17. The predicted molar refractivity (Wildman–Crippen MR) is 71.2 cm³/mol. The quantitative estimate of drug-likeness (QED) is 0.910. The van der Waals surface area contributed by atoms with Crippen LogP contribution in [0.3, 0.4) is 0 Å². The largest absolute Gasteiger partial charge is 0.389 e. The van der Waals surface area contributed by atoms with Gasteiger partial charge in [0.25, 0.3) is 0 Å². The van der Waals surface area contributed by atoms with Gasteiger partial charge < -0.3 is 5.11 Å². The summed E-state index contributed by atoms with van der Waals surface area (Å²) in [6.07, 6.45) is 0. The molecule has 1 aromatic carbocycles. The summed E-state index contributed by atoms with van der Waals surface area (Å²) in [6.45, 7) is 5.67. The second kappa shape index (κ2) is 4.82. The summed E-state index contributed by atoms with van der Waals surface area (Å²) in [5.41, 5.74) is 0.537. The summed E-state index contributed by atoms with van der Waals surface area (Å²) in [5, 5.41) is 23.1. The van der Waals surface area contributed by atoms with E-state index in [1.54, 1.807) is 36.7 Å². The third kappa shape index (κ3) is 3.18. The third-order valence-corrected chi connectivity index (χ3v) is 2.64. The van der Waals surface area contributed by atoms with Crippen LogP contribution in [0.25, 0.3) is 11.4 Å². The van der Waals surface area contributed by atoms with Gasteiger partial charge in [0.2, 0.25) is 0 Å². The van der Waals surface area contributed by atoms with Gasteiger partial charge in [0, 0.05) is 5.56 Å². The van der Waals surface area contributed by atoms with E-state index in [4.69, 9.17) is 5.26 Å². The number of hydrogen-bond acceptors (Lipinski definition) is 4. The predicted octanol–water partition coefficient (Wildman–Crippen LogP) is 1.90. The van der Waals surface area contributed by atoms with E-state index in [0.29, 0.717) is 17.9 Å². The minimum absolute atomic E-state index is 0.379. The maximum atomic E-state index is 9.83. The van der Waals surface area contributed by atoms with Crippen LogP contribution in [0.5, 0.6) is 0 Å². The van der Waals surface area contributed by atoms with Gasteiger partial charge in [-0.1, -0.05) is 12.1 Å². The minimum Gasteiger partial charge on any atom is -0.389 e. The van der Waals surface area contributed by atoms with Crippen LogP contribution in [0.4, 0.5) is 0 Å². The Hall–Kier alpha value is -2.19. The molecular formula is C14H16N4O. The molecule has 5 nitrogen and oxygen atoms in total. The Morgan fingerprint density at radius 2 is 2.16 bits per heavy atom. The molecule has 1 aromatic heterocycles. The molecule has 0 saturated heterocycles. The maximum Gasteiger partial charge on any atom is 0.181 e. The van der Waals surface area contributed by atoms with Gasteiger partial charge in [0.1, 0.15) is 5.82 Å². The fourth-order valence-corrected chi connectivity index (χ4v) is 1.79. The summed E-state index contributed by atoms with van der Waals surface area (Å²) >= 11 is 0. The van der Waals surface area contributed by atoms with Gasteiger partial charge in [-0.3, -0.25) is 0 Å². The molecule has 0 aliphatic carbocycles. The molecule has 0 bridgehead atoms. The van der Waals surface area contributed by atoms with E-state index in [2.05, 4.69) is 16.2 Å². The van der Waals surface area contributed by atoms with E-state index >= 15 is 0 Å². The molecule has 0 spiro atoms. The highest BCUT2D eigenvalue weighted by atomic mass is 16.3. The lowest BCUT2D eigenvalue weighted by Crippen LogP contribution is -2.27. The molecule has 19 heavy (non-hydrogen) atoms. The van der Waals surface area contributed by atoms with Crippen molar-refractivity contribution in [1.82, 2.24) is 14.8 Å². The first-order valence-corrected chi connectivity index (χ1v) is 6.03. The second-order valence-electron chi connectivity index (χ2n) is 5.15. The van der Waals surface area contributed by atoms with Crippen LogP contribution in [-0.4, -0.2) is 25.5 Å². The van der Waals surface area contributed by atoms with Crippen molar-refractivity contribution in [1.29, 1.82) is 5.26 Å². The molecule has 5 heteroatoms. The number of nitrogens with zero attached hydrogens (tertiary/aromatic N) is 4. The Morgan fingerprint density at radius 1 is 1.42 bits per heavy atom. The van der Waals surface area contributed by atoms with Gasteiger partial charge >= 0.3 is 0 Å². The topological polar surface area (TPSA) is 74.7 Å². The fourth-order valence-electron chi connectivity index (χ4n) is 1.79. The van der Waals surface area contributed by atoms with Gasteiger partial charge in [-0.25, -0.2) is 9.67 Å². The molecule has 0 aliphatic rings. The Labute approximate surface area is 112 Å². The van der Waals surface area contributed by atoms with Crippen molar-refractivity contribution < 1.29 is 5.11 Å². The van der Waals surface area contributed by atoms with Crippen LogP contribution in [0.15, 0.2) is 24.3 Å². The lowest BCUT2D eigenvalue weighted by molar-refractivity contribution is 0.0570. The molecule has 0 saturated carbocycles. The van der Waals surface area contributed by atoms with Crippen molar-refractivity contribution in [3.8, 4) is 17.5 Å². The van der Waals surface area contributed by atoms with Crippen LogP contribution in [-0.2, 0) is 6.54 Å². The zero-order chi connectivity index (χ0) is 14.0. The third-order valence-electron chi connectivity index (χ3n) is 2.64. The van der Waals surface area contributed by atoms with E-state index in [9.17, 15) is 5.11 Å². The summed E-state index contributed by atoms with van der Waals surface area (Å²) in [4.78, 5) is 4.37. The van der Waals surface area contributed by atoms with Gasteiger partial charge in [0.05, 0.1) is 23.8 Å². The fraction of sp³-hybridized carbons (Fsp3) is 0.357. The summed E-state index contributed by atoms with van der Waals surface area (Å²) in [6, 6.07) is 9.26. The van der Waals surface area contributed by atoms with Crippen LogP contribution in [0.1, 0.15) is 25.2 Å². The zero-order valence-electron chi connectivity index (χ0n) is 11.3. The van der Waals surface area contributed by atoms with Crippen molar-refractivity contribution in [2.24, 2.45) is 0 Å². The summed E-state index contributed by atoms with van der Waals surface area (Å²) in [7, 11) is 0. The molecular weight excluding hydrogens is 240 g/mol. The first-order valence-electron chi connectivity index (χ1n) is 6.03. The molecule has 0 unspecified atom stereocenters. The van der Waals surface area contributed by atoms with Crippen molar-refractivity contribution in [2.75, 3.05) is 0 Å². The van der Waals surface area contributed by atoms with Gasteiger partial charge in [-0.2, -0.15) is 10.4 Å². The van der Waals surface area contributed by atoms with E-state index in [1.807, 2.05) is 13.0 Å². The number of aliphatic hydroxyl groups is 1.